The van der Waals surface area contributed by atoms with Gasteiger partial charge in [-0.2, -0.15) is 0 Å². The molecular weight excluding hydrogens is 271 g/mol. The Balaban J connectivity index is 2.68. The SMILES string of the molecule is CC(CCN)N(C)Cc1cc(Br)ccc1F. The van der Waals surface area contributed by atoms with Crippen molar-refractivity contribution in [3.63, 3.8) is 0 Å². The maximum Gasteiger partial charge on any atom is 0.127 e. The summed E-state index contributed by atoms with van der Waals surface area (Å²) in [6.45, 7) is 3.36. The summed E-state index contributed by atoms with van der Waals surface area (Å²) in [4.78, 5) is 2.11. The molecule has 0 bridgehead atoms. The zero-order chi connectivity index (χ0) is 12.1. The van der Waals surface area contributed by atoms with Crippen molar-refractivity contribution in [1.29, 1.82) is 0 Å². The Morgan fingerprint density at radius 1 is 1.50 bits per heavy atom. The van der Waals surface area contributed by atoms with Crippen LogP contribution in [-0.2, 0) is 6.54 Å². The highest BCUT2D eigenvalue weighted by Gasteiger charge is 2.11. The van der Waals surface area contributed by atoms with Gasteiger partial charge in [0.1, 0.15) is 5.82 Å². The van der Waals surface area contributed by atoms with E-state index in [1.165, 1.54) is 6.07 Å². The molecule has 1 unspecified atom stereocenters. The first-order chi connectivity index (χ1) is 7.54. The number of rotatable bonds is 5. The van der Waals surface area contributed by atoms with Gasteiger partial charge in [0.15, 0.2) is 0 Å². The van der Waals surface area contributed by atoms with Gasteiger partial charge in [-0.1, -0.05) is 15.9 Å². The van der Waals surface area contributed by atoms with E-state index in [0.29, 0.717) is 24.7 Å². The third-order valence-corrected chi connectivity index (χ3v) is 3.26. The molecule has 1 aromatic carbocycles. The number of hydrogen-bond donors (Lipinski definition) is 1. The van der Waals surface area contributed by atoms with E-state index in [-0.39, 0.29) is 5.82 Å². The molecule has 0 radical (unpaired) electrons. The van der Waals surface area contributed by atoms with Crippen LogP contribution in [0.1, 0.15) is 18.9 Å². The summed E-state index contributed by atoms with van der Waals surface area (Å²) in [5.41, 5.74) is 6.22. The number of hydrogen-bond acceptors (Lipinski definition) is 2. The molecular formula is C12H18BrFN2. The van der Waals surface area contributed by atoms with Crippen LogP contribution in [0.3, 0.4) is 0 Å². The molecule has 0 heterocycles. The third-order valence-electron chi connectivity index (χ3n) is 2.76. The van der Waals surface area contributed by atoms with Crippen LogP contribution in [0, 0.1) is 5.82 Å². The molecule has 2 N–H and O–H groups in total. The van der Waals surface area contributed by atoms with E-state index >= 15 is 0 Å². The molecule has 0 fully saturated rings. The first-order valence-electron chi connectivity index (χ1n) is 5.39. The Morgan fingerprint density at radius 3 is 2.81 bits per heavy atom. The molecule has 90 valence electrons. The van der Waals surface area contributed by atoms with Gasteiger partial charge < -0.3 is 5.73 Å². The zero-order valence-corrected chi connectivity index (χ0v) is 11.3. The first kappa shape index (κ1) is 13.6. The van der Waals surface area contributed by atoms with Gasteiger partial charge in [-0.05, 0) is 45.1 Å². The Kier molecular flexibility index (Phi) is 5.38. The molecule has 0 aliphatic rings. The van der Waals surface area contributed by atoms with Gasteiger partial charge in [0.25, 0.3) is 0 Å². The van der Waals surface area contributed by atoms with Crippen molar-refractivity contribution < 1.29 is 4.39 Å². The lowest BCUT2D eigenvalue weighted by Gasteiger charge is -2.24. The molecule has 1 aromatic rings. The second-order valence-corrected chi connectivity index (χ2v) is 4.99. The van der Waals surface area contributed by atoms with Crippen molar-refractivity contribution in [2.75, 3.05) is 13.6 Å². The molecule has 0 spiro atoms. The van der Waals surface area contributed by atoms with Gasteiger partial charge in [0.05, 0.1) is 0 Å². The van der Waals surface area contributed by atoms with Crippen molar-refractivity contribution >= 4 is 15.9 Å². The van der Waals surface area contributed by atoms with E-state index in [4.69, 9.17) is 5.73 Å². The van der Waals surface area contributed by atoms with Gasteiger partial charge in [-0.15, -0.1) is 0 Å². The molecule has 1 rings (SSSR count). The van der Waals surface area contributed by atoms with Crippen LogP contribution in [0.15, 0.2) is 22.7 Å². The second kappa shape index (κ2) is 6.33. The topological polar surface area (TPSA) is 29.3 Å². The lowest BCUT2D eigenvalue weighted by atomic mass is 10.1. The highest BCUT2D eigenvalue weighted by molar-refractivity contribution is 9.10. The summed E-state index contributed by atoms with van der Waals surface area (Å²) in [6, 6.07) is 5.38. The van der Waals surface area contributed by atoms with Crippen LogP contribution >= 0.6 is 15.9 Å². The fourth-order valence-corrected chi connectivity index (χ4v) is 1.96. The van der Waals surface area contributed by atoms with Crippen molar-refractivity contribution in [1.82, 2.24) is 4.90 Å². The predicted octanol–water partition coefficient (Wildman–Crippen LogP) is 2.76. The van der Waals surface area contributed by atoms with E-state index < -0.39 is 0 Å². The summed E-state index contributed by atoms with van der Waals surface area (Å²) in [5, 5.41) is 0. The Labute approximate surface area is 105 Å². The zero-order valence-electron chi connectivity index (χ0n) is 9.71. The van der Waals surface area contributed by atoms with Gasteiger partial charge in [-0.3, -0.25) is 4.90 Å². The quantitative estimate of drug-likeness (QED) is 0.903. The van der Waals surface area contributed by atoms with Crippen molar-refractivity contribution in [2.24, 2.45) is 5.73 Å². The van der Waals surface area contributed by atoms with Crippen molar-refractivity contribution in [3.05, 3.63) is 34.1 Å². The average molecular weight is 289 g/mol. The Hall–Kier alpha value is -0.450. The molecule has 4 heteroatoms. The number of nitrogens with two attached hydrogens (primary N) is 1. The fraction of sp³-hybridized carbons (Fsp3) is 0.500. The number of benzene rings is 1. The highest BCUT2D eigenvalue weighted by Crippen LogP contribution is 2.17. The third kappa shape index (κ3) is 3.85. The van der Waals surface area contributed by atoms with E-state index in [9.17, 15) is 4.39 Å². The first-order valence-corrected chi connectivity index (χ1v) is 6.18. The second-order valence-electron chi connectivity index (χ2n) is 4.08. The summed E-state index contributed by atoms with van der Waals surface area (Å²) in [7, 11) is 1.99. The van der Waals surface area contributed by atoms with Crippen molar-refractivity contribution in [2.45, 2.75) is 25.9 Å². The van der Waals surface area contributed by atoms with Gasteiger partial charge >= 0.3 is 0 Å². The molecule has 1 atom stereocenters. The van der Waals surface area contributed by atoms with E-state index in [0.717, 1.165) is 10.9 Å². The van der Waals surface area contributed by atoms with Crippen LogP contribution in [0.2, 0.25) is 0 Å². The van der Waals surface area contributed by atoms with E-state index in [1.807, 2.05) is 13.1 Å². The smallest absolute Gasteiger partial charge is 0.127 e. The van der Waals surface area contributed by atoms with Gasteiger partial charge in [-0.25, -0.2) is 4.39 Å². The molecule has 0 amide bonds. The van der Waals surface area contributed by atoms with Crippen LogP contribution in [0.4, 0.5) is 4.39 Å². The monoisotopic (exact) mass is 288 g/mol. The largest absolute Gasteiger partial charge is 0.330 e. The van der Waals surface area contributed by atoms with Gasteiger partial charge in [0.2, 0.25) is 0 Å². The molecule has 2 nitrogen and oxygen atoms in total. The normalized spacial score (nSPS) is 13.1. The predicted molar refractivity (Wildman–Crippen MR) is 68.7 cm³/mol. The molecule has 0 saturated carbocycles. The maximum absolute atomic E-state index is 13.5. The molecule has 0 saturated heterocycles. The summed E-state index contributed by atoms with van der Waals surface area (Å²) in [5.74, 6) is -0.157. The highest BCUT2D eigenvalue weighted by atomic mass is 79.9. The molecule has 0 aliphatic heterocycles. The average Bonchev–Trinajstić information content (AvgIpc) is 2.23. The minimum atomic E-state index is -0.157. The number of nitrogens with zero attached hydrogens (tertiary/aromatic N) is 1. The number of halogens is 2. The van der Waals surface area contributed by atoms with Crippen LogP contribution in [-0.4, -0.2) is 24.5 Å². The van der Waals surface area contributed by atoms with Crippen LogP contribution < -0.4 is 5.73 Å². The summed E-state index contributed by atoms with van der Waals surface area (Å²) >= 11 is 3.35. The minimum absolute atomic E-state index is 0.157. The standard InChI is InChI=1S/C12H18BrFN2/c1-9(5-6-15)16(2)8-10-7-11(13)3-4-12(10)14/h3-4,7,9H,5-6,8,15H2,1-2H3. The van der Waals surface area contributed by atoms with Crippen molar-refractivity contribution in [3.8, 4) is 0 Å². The molecule has 0 aliphatic carbocycles. The summed E-state index contributed by atoms with van der Waals surface area (Å²) < 4.78 is 14.4. The summed E-state index contributed by atoms with van der Waals surface area (Å²) in [6.07, 6.45) is 0.923. The molecule has 16 heavy (non-hydrogen) atoms. The Bertz CT molecular complexity index is 344. The molecule has 0 aromatic heterocycles. The lowest BCUT2D eigenvalue weighted by Crippen LogP contribution is -2.30. The fourth-order valence-electron chi connectivity index (χ4n) is 1.55. The van der Waals surface area contributed by atoms with Gasteiger partial charge in [0, 0.05) is 22.6 Å². The lowest BCUT2D eigenvalue weighted by molar-refractivity contribution is 0.237. The van der Waals surface area contributed by atoms with E-state index in [2.05, 4.69) is 27.8 Å². The Morgan fingerprint density at radius 2 is 2.19 bits per heavy atom. The van der Waals surface area contributed by atoms with Crippen LogP contribution in [0.5, 0.6) is 0 Å². The van der Waals surface area contributed by atoms with E-state index in [1.54, 1.807) is 6.07 Å². The minimum Gasteiger partial charge on any atom is -0.330 e. The maximum atomic E-state index is 13.5. The van der Waals surface area contributed by atoms with Crippen LogP contribution in [0.25, 0.3) is 0 Å².